The van der Waals surface area contributed by atoms with Gasteiger partial charge in [-0.3, -0.25) is 0 Å². The first-order chi connectivity index (χ1) is 9.22. The minimum atomic E-state index is -0.320. The van der Waals surface area contributed by atoms with E-state index in [1.807, 2.05) is 24.3 Å². The molecule has 0 aliphatic rings. The van der Waals surface area contributed by atoms with Crippen molar-refractivity contribution < 1.29 is 14.6 Å². The molecule has 0 aromatic heterocycles. The molecule has 2 N–H and O–H groups in total. The Labute approximate surface area is 115 Å². The quantitative estimate of drug-likeness (QED) is 0.638. The van der Waals surface area contributed by atoms with Crippen LogP contribution in [0.1, 0.15) is 26.7 Å². The van der Waals surface area contributed by atoms with Gasteiger partial charge in [-0.15, -0.1) is 0 Å². The molecule has 0 aliphatic heterocycles. The van der Waals surface area contributed by atoms with Gasteiger partial charge in [0.25, 0.3) is 0 Å². The van der Waals surface area contributed by atoms with Gasteiger partial charge in [-0.1, -0.05) is 13.3 Å². The van der Waals surface area contributed by atoms with E-state index in [1.165, 1.54) is 0 Å². The van der Waals surface area contributed by atoms with Gasteiger partial charge < -0.3 is 19.9 Å². The average molecular weight is 267 g/mol. The fraction of sp³-hybridized carbons (Fsp3) is 0.600. The lowest BCUT2D eigenvalue weighted by Crippen LogP contribution is -2.28. The number of hydrogen-bond donors (Lipinski definition) is 2. The fourth-order valence-corrected chi connectivity index (χ4v) is 1.52. The zero-order valence-corrected chi connectivity index (χ0v) is 11.9. The maximum atomic E-state index is 9.07. The van der Waals surface area contributed by atoms with E-state index in [4.69, 9.17) is 14.6 Å². The van der Waals surface area contributed by atoms with Crippen LogP contribution in [-0.2, 0) is 0 Å². The minimum Gasteiger partial charge on any atom is -0.494 e. The van der Waals surface area contributed by atoms with Gasteiger partial charge in [-0.05, 0) is 37.6 Å². The van der Waals surface area contributed by atoms with Crippen molar-refractivity contribution in [3.05, 3.63) is 24.3 Å². The predicted octanol–water partition coefficient (Wildman–Crippen LogP) is 2.21. The molecular weight excluding hydrogens is 242 g/mol. The lowest BCUT2D eigenvalue weighted by atomic mass is 10.3. The number of unbranched alkanes of at least 4 members (excludes halogenated alkanes) is 1. The Kier molecular flexibility index (Phi) is 8.02. The summed E-state index contributed by atoms with van der Waals surface area (Å²) in [5.41, 5.74) is 0. The predicted molar refractivity (Wildman–Crippen MR) is 76.9 cm³/mol. The van der Waals surface area contributed by atoms with Gasteiger partial charge in [0, 0.05) is 13.1 Å². The summed E-state index contributed by atoms with van der Waals surface area (Å²) in [6.07, 6.45) is 1.90. The molecule has 1 aromatic rings. The van der Waals surface area contributed by atoms with Crippen molar-refractivity contribution in [1.29, 1.82) is 0 Å². The van der Waals surface area contributed by atoms with Crippen LogP contribution in [0.5, 0.6) is 11.5 Å². The number of aliphatic hydroxyl groups is 1. The molecule has 19 heavy (non-hydrogen) atoms. The monoisotopic (exact) mass is 267 g/mol. The highest BCUT2D eigenvalue weighted by atomic mass is 16.5. The second kappa shape index (κ2) is 9.64. The molecule has 0 amide bonds. The van der Waals surface area contributed by atoms with Crippen LogP contribution < -0.4 is 14.8 Å². The molecule has 0 heterocycles. The van der Waals surface area contributed by atoms with Crippen molar-refractivity contribution in [1.82, 2.24) is 5.32 Å². The third-order valence-corrected chi connectivity index (χ3v) is 2.58. The SMILES string of the molecule is CCCCOc1ccc(OCCNC[C@H](C)O)cc1. The zero-order valence-electron chi connectivity index (χ0n) is 11.9. The summed E-state index contributed by atoms with van der Waals surface area (Å²) in [4.78, 5) is 0. The Hall–Kier alpha value is -1.26. The van der Waals surface area contributed by atoms with Crippen LogP contribution in [-0.4, -0.2) is 37.5 Å². The van der Waals surface area contributed by atoms with Crippen molar-refractivity contribution >= 4 is 0 Å². The second-order valence-electron chi connectivity index (χ2n) is 4.58. The second-order valence-corrected chi connectivity index (χ2v) is 4.58. The Morgan fingerprint density at radius 2 is 1.68 bits per heavy atom. The van der Waals surface area contributed by atoms with E-state index in [0.29, 0.717) is 13.2 Å². The van der Waals surface area contributed by atoms with E-state index < -0.39 is 0 Å². The summed E-state index contributed by atoms with van der Waals surface area (Å²) in [6, 6.07) is 7.67. The molecule has 1 atom stereocenters. The highest BCUT2D eigenvalue weighted by Crippen LogP contribution is 2.17. The molecule has 0 bridgehead atoms. The maximum absolute atomic E-state index is 9.07. The van der Waals surface area contributed by atoms with E-state index in [1.54, 1.807) is 6.92 Å². The molecule has 0 saturated heterocycles. The summed E-state index contributed by atoms with van der Waals surface area (Å²) < 4.78 is 11.1. The van der Waals surface area contributed by atoms with Crippen molar-refractivity contribution in [3.8, 4) is 11.5 Å². The first-order valence-electron chi connectivity index (χ1n) is 6.96. The number of rotatable bonds is 10. The number of ether oxygens (including phenoxy) is 2. The standard InChI is InChI=1S/C15H25NO3/c1-3-4-10-18-14-5-7-15(8-6-14)19-11-9-16-12-13(2)17/h5-8,13,16-17H,3-4,9-12H2,1-2H3/t13-/m0/s1. The highest BCUT2D eigenvalue weighted by molar-refractivity contribution is 5.31. The number of benzene rings is 1. The summed E-state index contributed by atoms with van der Waals surface area (Å²) in [7, 11) is 0. The average Bonchev–Trinajstić information content (AvgIpc) is 2.40. The Bertz CT molecular complexity index is 325. The summed E-state index contributed by atoms with van der Waals surface area (Å²) in [5, 5.41) is 12.2. The van der Waals surface area contributed by atoms with E-state index in [0.717, 1.165) is 37.5 Å². The van der Waals surface area contributed by atoms with Crippen LogP contribution in [0.25, 0.3) is 0 Å². The van der Waals surface area contributed by atoms with Gasteiger partial charge in [0.2, 0.25) is 0 Å². The maximum Gasteiger partial charge on any atom is 0.119 e. The normalized spacial score (nSPS) is 12.2. The topological polar surface area (TPSA) is 50.7 Å². The van der Waals surface area contributed by atoms with Crippen molar-refractivity contribution in [2.45, 2.75) is 32.8 Å². The molecule has 0 aliphatic carbocycles. The molecule has 1 aromatic carbocycles. The summed E-state index contributed by atoms with van der Waals surface area (Å²) >= 11 is 0. The van der Waals surface area contributed by atoms with Gasteiger partial charge in [0.05, 0.1) is 12.7 Å². The molecular formula is C15H25NO3. The third kappa shape index (κ3) is 7.70. The van der Waals surface area contributed by atoms with E-state index >= 15 is 0 Å². The van der Waals surface area contributed by atoms with Crippen LogP contribution >= 0.6 is 0 Å². The first kappa shape index (κ1) is 15.8. The van der Waals surface area contributed by atoms with Gasteiger partial charge >= 0.3 is 0 Å². The van der Waals surface area contributed by atoms with Crippen LogP contribution in [0.15, 0.2) is 24.3 Å². The lowest BCUT2D eigenvalue weighted by Gasteiger charge is -2.10. The van der Waals surface area contributed by atoms with Crippen LogP contribution in [0.3, 0.4) is 0 Å². The van der Waals surface area contributed by atoms with E-state index in [-0.39, 0.29) is 6.10 Å². The molecule has 4 nitrogen and oxygen atoms in total. The molecule has 0 spiro atoms. The third-order valence-electron chi connectivity index (χ3n) is 2.58. The van der Waals surface area contributed by atoms with E-state index in [2.05, 4.69) is 12.2 Å². The molecule has 4 heteroatoms. The van der Waals surface area contributed by atoms with Crippen LogP contribution in [0.2, 0.25) is 0 Å². The first-order valence-corrected chi connectivity index (χ1v) is 6.96. The Balaban J connectivity index is 2.17. The van der Waals surface area contributed by atoms with Crippen molar-refractivity contribution in [3.63, 3.8) is 0 Å². The lowest BCUT2D eigenvalue weighted by molar-refractivity contribution is 0.188. The van der Waals surface area contributed by atoms with Gasteiger partial charge in [0.1, 0.15) is 18.1 Å². The molecule has 1 rings (SSSR count). The molecule has 0 saturated carbocycles. The fourth-order valence-electron chi connectivity index (χ4n) is 1.52. The number of nitrogens with one attached hydrogen (secondary N) is 1. The zero-order chi connectivity index (χ0) is 13.9. The van der Waals surface area contributed by atoms with E-state index in [9.17, 15) is 0 Å². The van der Waals surface area contributed by atoms with Crippen LogP contribution in [0.4, 0.5) is 0 Å². The summed E-state index contributed by atoms with van der Waals surface area (Å²) in [5.74, 6) is 1.72. The number of hydrogen-bond acceptors (Lipinski definition) is 4. The van der Waals surface area contributed by atoms with Crippen LogP contribution in [0, 0.1) is 0 Å². The minimum absolute atomic E-state index is 0.320. The van der Waals surface area contributed by atoms with Crippen molar-refractivity contribution in [2.75, 3.05) is 26.3 Å². The smallest absolute Gasteiger partial charge is 0.119 e. The highest BCUT2D eigenvalue weighted by Gasteiger charge is 1.97. The molecule has 0 fully saturated rings. The number of aliphatic hydroxyl groups excluding tert-OH is 1. The molecule has 0 unspecified atom stereocenters. The Morgan fingerprint density at radius 3 is 2.21 bits per heavy atom. The van der Waals surface area contributed by atoms with Gasteiger partial charge in [0.15, 0.2) is 0 Å². The Morgan fingerprint density at radius 1 is 1.11 bits per heavy atom. The largest absolute Gasteiger partial charge is 0.494 e. The molecule has 108 valence electrons. The van der Waals surface area contributed by atoms with Gasteiger partial charge in [-0.2, -0.15) is 0 Å². The van der Waals surface area contributed by atoms with Crippen molar-refractivity contribution in [2.24, 2.45) is 0 Å². The summed E-state index contributed by atoms with van der Waals surface area (Å²) in [6.45, 7) is 6.56. The molecule has 0 radical (unpaired) electrons. The van der Waals surface area contributed by atoms with Gasteiger partial charge in [-0.25, -0.2) is 0 Å².